The number of phenols is 2. The Hall–Kier alpha value is -3.42. The van der Waals surface area contributed by atoms with E-state index in [-0.39, 0.29) is 28.2 Å². The van der Waals surface area contributed by atoms with E-state index >= 15 is 0 Å². The smallest absolute Gasteiger partial charge is 0.347 e. The van der Waals surface area contributed by atoms with Crippen LogP contribution in [-0.4, -0.2) is 85.0 Å². The number of phenolic OH excluding ortho intramolecular Hbond substituents is 1. The maximum atomic E-state index is 13.4. The molecule has 0 unspecified atom stereocenters. The number of aliphatic hydroxyl groups is 4. The summed E-state index contributed by atoms with van der Waals surface area (Å²) in [4.78, 5) is 24.8. The normalized spacial score (nSPS) is 20.8. The minimum atomic E-state index is -1.68. The molecule has 2 aromatic carbocycles. The van der Waals surface area contributed by atoms with E-state index in [1.54, 1.807) is 0 Å². The molecule has 5 atom stereocenters. The number of benzene rings is 2. The lowest BCUT2D eigenvalue weighted by Crippen LogP contribution is -2.60. The van der Waals surface area contributed by atoms with Crippen molar-refractivity contribution in [1.29, 1.82) is 0 Å². The first-order valence-electron chi connectivity index (χ1n) is 17.1. The molecule has 1 aliphatic rings. The summed E-state index contributed by atoms with van der Waals surface area (Å²) in [6, 6.07) is 4.89. The number of aromatic carboxylic acids is 1. The van der Waals surface area contributed by atoms with Crippen LogP contribution >= 0.6 is 0 Å². The quantitative estimate of drug-likeness (QED) is 0.0554. The van der Waals surface area contributed by atoms with Crippen LogP contribution in [-0.2, 0) is 11.2 Å². The number of esters is 1. The van der Waals surface area contributed by atoms with E-state index in [0.717, 1.165) is 37.8 Å². The highest BCUT2D eigenvalue weighted by Crippen LogP contribution is 2.34. The Kier molecular flexibility index (Phi) is 15.9. The van der Waals surface area contributed by atoms with Crippen LogP contribution < -0.4 is 9.47 Å². The second-order valence-corrected chi connectivity index (χ2v) is 12.6. The zero-order valence-electron chi connectivity index (χ0n) is 28.0. The summed E-state index contributed by atoms with van der Waals surface area (Å²) in [6.45, 7) is 3.02. The first-order valence-corrected chi connectivity index (χ1v) is 17.1. The van der Waals surface area contributed by atoms with Crippen molar-refractivity contribution in [1.82, 2.24) is 0 Å². The lowest BCUT2D eigenvalue weighted by atomic mass is 9.98. The number of carbonyl (C=O) groups is 2. The third kappa shape index (κ3) is 11.1. The van der Waals surface area contributed by atoms with E-state index in [1.165, 1.54) is 70.4 Å². The molecule has 48 heavy (non-hydrogen) atoms. The number of unbranched alkanes of at least 4 members (excludes halogenated alkanes) is 12. The maximum absolute atomic E-state index is 13.4. The Balaban J connectivity index is 1.69. The highest BCUT2D eigenvalue weighted by Gasteiger charge is 2.44. The van der Waals surface area contributed by atoms with Crippen LogP contribution in [0.15, 0.2) is 24.3 Å². The topological polar surface area (TPSA) is 203 Å². The molecule has 0 amide bonds. The number of carboxylic acid groups (broad SMARTS) is 1. The van der Waals surface area contributed by atoms with Crippen LogP contribution in [0.3, 0.4) is 0 Å². The summed E-state index contributed by atoms with van der Waals surface area (Å²) < 4.78 is 16.6. The Morgan fingerprint density at radius 1 is 0.729 bits per heavy atom. The fraction of sp³-hybridized carbons (Fsp3) is 0.611. The van der Waals surface area contributed by atoms with E-state index in [2.05, 4.69) is 6.92 Å². The van der Waals surface area contributed by atoms with Gasteiger partial charge in [-0.15, -0.1) is 0 Å². The number of aryl methyl sites for hydroxylation is 2. The van der Waals surface area contributed by atoms with Crippen LogP contribution in [0.4, 0.5) is 0 Å². The lowest BCUT2D eigenvalue weighted by Gasteiger charge is -2.39. The van der Waals surface area contributed by atoms with Gasteiger partial charge in [0.05, 0.1) is 6.61 Å². The van der Waals surface area contributed by atoms with Crippen molar-refractivity contribution in [2.24, 2.45) is 0 Å². The average Bonchev–Trinajstić information content (AvgIpc) is 3.02. The first kappa shape index (κ1) is 39.0. The number of ether oxygens (including phenoxy) is 3. The van der Waals surface area contributed by atoms with E-state index in [4.69, 9.17) is 14.2 Å². The molecule has 268 valence electrons. The molecule has 0 radical (unpaired) electrons. The predicted molar refractivity (Wildman–Crippen MR) is 177 cm³/mol. The third-order valence-electron chi connectivity index (χ3n) is 8.74. The Labute approximate surface area is 281 Å². The molecular weight excluding hydrogens is 624 g/mol. The molecule has 0 saturated carbocycles. The van der Waals surface area contributed by atoms with E-state index in [9.17, 15) is 45.3 Å². The molecule has 2 aromatic rings. The number of rotatable bonds is 20. The van der Waals surface area contributed by atoms with Crippen molar-refractivity contribution < 1.29 is 59.5 Å². The third-order valence-corrected chi connectivity index (χ3v) is 8.74. The molecule has 0 aliphatic carbocycles. The second kappa shape index (κ2) is 19.5. The summed E-state index contributed by atoms with van der Waals surface area (Å²) >= 11 is 0. The maximum Gasteiger partial charge on any atom is 0.347 e. The number of hydrogen-bond donors (Lipinski definition) is 7. The summed E-state index contributed by atoms with van der Waals surface area (Å²) in [7, 11) is 0. The van der Waals surface area contributed by atoms with Gasteiger partial charge < -0.3 is 50.0 Å². The fourth-order valence-electron chi connectivity index (χ4n) is 6.02. The zero-order chi connectivity index (χ0) is 35.2. The van der Waals surface area contributed by atoms with Crippen LogP contribution in [0.1, 0.15) is 122 Å². The highest BCUT2D eigenvalue weighted by molar-refractivity contribution is 5.96. The molecule has 12 nitrogen and oxygen atoms in total. The van der Waals surface area contributed by atoms with Gasteiger partial charge in [0.25, 0.3) is 0 Å². The molecular formula is C36H52O12. The van der Waals surface area contributed by atoms with E-state index in [0.29, 0.717) is 18.4 Å². The predicted octanol–water partition coefficient (Wildman–Crippen LogP) is 5.14. The Bertz CT molecular complexity index is 1300. The Morgan fingerprint density at radius 2 is 1.27 bits per heavy atom. The van der Waals surface area contributed by atoms with Gasteiger partial charge in [-0.3, -0.25) is 0 Å². The molecule has 0 bridgehead atoms. The minimum Gasteiger partial charge on any atom is -0.507 e. The van der Waals surface area contributed by atoms with Crippen molar-refractivity contribution in [3.63, 3.8) is 0 Å². The van der Waals surface area contributed by atoms with E-state index < -0.39 is 60.8 Å². The fourth-order valence-corrected chi connectivity index (χ4v) is 6.02. The van der Waals surface area contributed by atoms with Crippen molar-refractivity contribution in [2.75, 3.05) is 6.61 Å². The monoisotopic (exact) mass is 676 g/mol. The second-order valence-electron chi connectivity index (χ2n) is 12.6. The van der Waals surface area contributed by atoms with Crippen molar-refractivity contribution in [2.45, 2.75) is 134 Å². The van der Waals surface area contributed by atoms with Gasteiger partial charge in [0.15, 0.2) is 0 Å². The lowest BCUT2D eigenvalue weighted by molar-refractivity contribution is -0.277. The number of carboxylic acids is 1. The summed E-state index contributed by atoms with van der Waals surface area (Å²) in [5, 5.41) is 70.7. The summed E-state index contributed by atoms with van der Waals surface area (Å²) in [6.07, 6.45) is 7.74. The molecule has 12 heteroatoms. The largest absolute Gasteiger partial charge is 0.507 e. The van der Waals surface area contributed by atoms with Gasteiger partial charge in [-0.1, -0.05) is 84.0 Å². The van der Waals surface area contributed by atoms with Gasteiger partial charge >= 0.3 is 11.9 Å². The molecule has 1 saturated heterocycles. The molecule has 1 heterocycles. The first-order chi connectivity index (χ1) is 23.0. The molecule has 1 aliphatic heterocycles. The van der Waals surface area contributed by atoms with Crippen LogP contribution in [0.2, 0.25) is 0 Å². The van der Waals surface area contributed by atoms with Gasteiger partial charge in [-0.2, -0.15) is 0 Å². The van der Waals surface area contributed by atoms with Gasteiger partial charge in [0.2, 0.25) is 6.29 Å². The number of aromatic hydroxyl groups is 2. The van der Waals surface area contributed by atoms with Gasteiger partial charge in [-0.05, 0) is 43.0 Å². The van der Waals surface area contributed by atoms with Crippen molar-refractivity contribution in [3.8, 4) is 23.0 Å². The average molecular weight is 677 g/mol. The molecule has 1 fully saturated rings. The number of aliphatic hydroxyl groups excluding tert-OH is 4. The minimum absolute atomic E-state index is 0.00243. The van der Waals surface area contributed by atoms with E-state index in [1.807, 2.05) is 0 Å². The molecule has 3 rings (SSSR count). The standard InChI is InChI=1S/C36H52O12/c1-3-4-5-6-7-8-9-10-11-12-13-14-15-16-23-18-25(47-36-33(42)32(41)31(40)28(21-37)48-36)20-27(39)30(23)35(45)46-24-17-22(2)29(34(43)44)26(38)19-24/h17-20,28,31-33,36-42H,3-16,21H2,1-2H3,(H,43,44)/t28-,31-,32+,33-,36+/m1/s1. The molecule has 0 spiro atoms. The van der Waals surface area contributed by atoms with Gasteiger partial charge in [0.1, 0.15) is 58.5 Å². The van der Waals surface area contributed by atoms with Gasteiger partial charge in [-0.25, -0.2) is 9.59 Å². The van der Waals surface area contributed by atoms with Crippen LogP contribution in [0, 0.1) is 6.92 Å². The summed E-state index contributed by atoms with van der Waals surface area (Å²) in [5.41, 5.74) is 0.0562. The summed E-state index contributed by atoms with van der Waals surface area (Å²) in [5.74, 6) is -3.49. The highest BCUT2D eigenvalue weighted by atomic mass is 16.7. The number of hydrogen-bond acceptors (Lipinski definition) is 11. The number of carbonyl (C=O) groups excluding carboxylic acids is 1. The van der Waals surface area contributed by atoms with Crippen molar-refractivity contribution >= 4 is 11.9 Å². The molecule has 0 aromatic heterocycles. The SMILES string of the molecule is CCCCCCCCCCCCCCCc1cc(O[C@H]2O[C@H](CO)[C@@H](O)[C@H](O)[C@H]2O)cc(O)c1C(=O)Oc1cc(C)c(C(=O)O)c(O)c1. The Morgan fingerprint density at radius 3 is 1.81 bits per heavy atom. The zero-order valence-corrected chi connectivity index (χ0v) is 28.0. The van der Waals surface area contributed by atoms with Crippen molar-refractivity contribution in [3.05, 3.63) is 46.5 Å². The van der Waals surface area contributed by atoms with Crippen LogP contribution in [0.25, 0.3) is 0 Å². The van der Waals surface area contributed by atoms with Crippen LogP contribution in [0.5, 0.6) is 23.0 Å². The van der Waals surface area contributed by atoms with Gasteiger partial charge in [0, 0.05) is 12.1 Å². The molecule has 7 N–H and O–H groups in total.